The molecule has 0 radical (unpaired) electrons. The van der Waals surface area contributed by atoms with Gasteiger partial charge in [0.1, 0.15) is 16.5 Å². The molecule has 0 aliphatic carbocycles. The van der Waals surface area contributed by atoms with Gasteiger partial charge in [-0.3, -0.25) is 4.79 Å². The Kier molecular flexibility index (Phi) is 6.36. The molecule has 0 atom stereocenters. The topological polar surface area (TPSA) is 63.2 Å². The third-order valence-corrected chi connectivity index (χ3v) is 3.93. The Morgan fingerprint density at radius 3 is 2.73 bits per heavy atom. The Hall–Kier alpha value is -1.92. The van der Waals surface area contributed by atoms with E-state index < -0.39 is 0 Å². The maximum atomic E-state index is 12.0. The molecule has 1 aromatic heterocycles. The molecule has 22 heavy (non-hydrogen) atoms. The van der Waals surface area contributed by atoms with Gasteiger partial charge in [-0.2, -0.15) is 0 Å². The van der Waals surface area contributed by atoms with Crippen LogP contribution in [0.25, 0.3) is 10.6 Å². The molecule has 1 heterocycles. The minimum absolute atomic E-state index is 0.121. The number of hydrogen-bond acceptors (Lipinski definition) is 5. The molecule has 5 nitrogen and oxygen atoms in total. The van der Waals surface area contributed by atoms with Crippen molar-refractivity contribution in [1.29, 1.82) is 0 Å². The van der Waals surface area contributed by atoms with Gasteiger partial charge in [0.05, 0.1) is 6.61 Å². The number of amides is 1. The van der Waals surface area contributed by atoms with Gasteiger partial charge in [-0.1, -0.05) is 0 Å². The summed E-state index contributed by atoms with van der Waals surface area (Å²) in [6, 6.07) is 7.74. The average Bonchev–Trinajstić information content (AvgIpc) is 3.02. The second-order valence-electron chi connectivity index (χ2n) is 4.71. The van der Waals surface area contributed by atoms with Crippen LogP contribution in [0.4, 0.5) is 0 Å². The Labute approximate surface area is 134 Å². The SMILES string of the molecule is CCOc1ccc(-c2nc(C(=O)NCCCNC)cs2)cc1. The Balaban J connectivity index is 1.96. The highest BCUT2D eigenvalue weighted by Gasteiger charge is 2.11. The lowest BCUT2D eigenvalue weighted by Crippen LogP contribution is -2.26. The van der Waals surface area contributed by atoms with E-state index in [4.69, 9.17) is 4.74 Å². The number of ether oxygens (including phenoxy) is 1. The van der Waals surface area contributed by atoms with E-state index in [1.807, 2.05) is 38.2 Å². The third kappa shape index (κ3) is 4.54. The summed E-state index contributed by atoms with van der Waals surface area (Å²) in [5.74, 6) is 0.717. The monoisotopic (exact) mass is 319 g/mol. The second kappa shape index (κ2) is 8.51. The predicted octanol–water partition coefficient (Wildman–Crippen LogP) is 2.55. The van der Waals surface area contributed by atoms with Crippen LogP contribution in [0.3, 0.4) is 0 Å². The number of nitrogens with one attached hydrogen (secondary N) is 2. The number of rotatable bonds is 8. The summed E-state index contributed by atoms with van der Waals surface area (Å²) in [6.45, 7) is 4.13. The third-order valence-electron chi connectivity index (χ3n) is 3.04. The number of carbonyl (C=O) groups is 1. The Morgan fingerprint density at radius 1 is 1.27 bits per heavy atom. The van der Waals surface area contributed by atoms with Gasteiger partial charge in [0, 0.05) is 17.5 Å². The summed E-state index contributed by atoms with van der Waals surface area (Å²) in [5, 5.41) is 8.54. The number of nitrogens with zero attached hydrogens (tertiary/aromatic N) is 1. The minimum Gasteiger partial charge on any atom is -0.494 e. The molecule has 118 valence electrons. The lowest BCUT2D eigenvalue weighted by molar-refractivity contribution is 0.0949. The van der Waals surface area contributed by atoms with Gasteiger partial charge in [0.15, 0.2) is 0 Å². The quantitative estimate of drug-likeness (QED) is 0.734. The normalized spacial score (nSPS) is 10.5. The largest absolute Gasteiger partial charge is 0.494 e. The van der Waals surface area contributed by atoms with E-state index in [0.717, 1.165) is 29.3 Å². The van der Waals surface area contributed by atoms with Gasteiger partial charge in [0.25, 0.3) is 5.91 Å². The predicted molar refractivity (Wildman–Crippen MR) is 89.6 cm³/mol. The lowest BCUT2D eigenvalue weighted by Gasteiger charge is -2.03. The fraction of sp³-hybridized carbons (Fsp3) is 0.375. The van der Waals surface area contributed by atoms with Crippen molar-refractivity contribution in [3.63, 3.8) is 0 Å². The van der Waals surface area contributed by atoms with Crippen LogP contribution in [0.1, 0.15) is 23.8 Å². The summed E-state index contributed by atoms with van der Waals surface area (Å²) in [4.78, 5) is 16.4. The molecule has 0 spiro atoms. The van der Waals surface area contributed by atoms with E-state index in [2.05, 4.69) is 15.6 Å². The number of thiazole rings is 1. The Morgan fingerprint density at radius 2 is 2.05 bits per heavy atom. The van der Waals surface area contributed by atoms with Crippen molar-refractivity contribution in [2.45, 2.75) is 13.3 Å². The van der Waals surface area contributed by atoms with E-state index in [-0.39, 0.29) is 5.91 Å². The lowest BCUT2D eigenvalue weighted by atomic mass is 10.2. The molecule has 0 aliphatic heterocycles. The first-order valence-electron chi connectivity index (χ1n) is 7.36. The van der Waals surface area contributed by atoms with Crippen molar-refractivity contribution in [2.24, 2.45) is 0 Å². The van der Waals surface area contributed by atoms with E-state index in [1.165, 1.54) is 11.3 Å². The summed E-state index contributed by atoms with van der Waals surface area (Å²) < 4.78 is 5.42. The molecule has 0 saturated heterocycles. The van der Waals surface area contributed by atoms with Gasteiger partial charge >= 0.3 is 0 Å². The van der Waals surface area contributed by atoms with Gasteiger partial charge in [-0.05, 0) is 51.2 Å². The van der Waals surface area contributed by atoms with Crippen molar-refractivity contribution in [3.05, 3.63) is 35.3 Å². The summed E-state index contributed by atoms with van der Waals surface area (Å²) >= 11 is 1.47. The van der Waals surface area contributed by atoms with E-state index in [1.54, 1.807) is 5.38 Å². The van der Waals surface area contributed by atoms with Crippen molar-refractivity contribution in [3.8, 4) is 16.3 Å². The zero-order valence-electron chi connectivity index (χ0n) is 12.9. The molecule has 1 amide bonds. The Bertz CT molecular complexity index is 596. The molecule has 6 heteroatoms. The van der Waals surface area contributed by atoms with E-state index in [0.29, 0.717) is 18.8 Å². The average molecular weight is 319 g/mol. The van der Waals surface area contributed by atoms with Crippen LogP contribution in [-0.2, 0) is 0 Å². The zero-order chi connectivity index (χ0) is 15.8. The summed E-state index contributed by atoms with van der Waals surface area (Å²) in [7, 11) is 1.89. The van der Waals surface area contributed by atoms with Crippen molar-refractivity contribution in [1.82, 2.24) is 15.6 Å². The van der Waals surface area contributed by atoms with Gasteiger partial charge in [0.2, 0.25) is 0 Å². The molecule has 0 fully saturated rings. The highest BCUT2D eigenvalue weighted by Crippen LogP contribution is 2.25. The first-order chi connectivity index (χ1) is 10.7. The van der Waals surface area contributed by atoms with Gasteiger partial charge in [-0.15, -0.1) is 11.3 Å². The molecule has 2 rings (SSSR count). The molecular weight excluding hydrogens is 298 g/mol. The van der Waals surface area contributed by atoms with Gasteiger partial charge < -0.3 is 15.4 Å². The number of hydrogen-bond donors (Lipinski definition) is 2. The van der Waals surface area contributed by atoms with Crippen LogP contribution in [-0.4, -0.2) is 37.6 Å². The molecule has 1 aromatic carbocycles. The van der Waals surface area contributed by atoms with Crippen LogP contribution >= 0.6 is 11.3 Å². The number of carbonyl (C=O) groups excluding carboxylic acids is 1. The summed E-state index contributed by atoms with van der Waals surface area (Å²) in [5.41, 5.74) is 1.46. The van der Waals surface area contributed by atoms with Crippen molar-refractivity contribution < 1.29 is 9.53 Å². The molecule has 0 bridgehead atoms. The van der Waals surface area contributed by atoms with Crippen LogP contribution in [0, 0.1) is 0 Å². The second-order valence-corrected chi connectivity index (χ2v) is 5.57. The van der Waals surface area contributed by atoms with E-state index >= 15 is 0 Å². The van der Waals surface area contributed by atoms with Crippen LogP contribution in [0.2, 0.25) is 0 Å². The highest BCUT2D eigenvalue weighted by molar-refractivity contribution is 7.13. The molecule has 0 aliphatic rings. The molecule has 2 N–H and O–H groups in total. The maximum absolute atomic E-state index is 12.0. The molecular formula is C16H21N3O2S. The van der Waals surface area contributed by atoms with Crippen LogP contribution in [0.5, 0.6) is 5.75 Å². The number of benzene rings is 1. The molecule has 2 aromatic rings. The minimum atomic E-state index is -0.121. The van der Waals surface area contributed by atoms with Crippen LogP contribution in [0.15, 0.2) is 29.6 Å². The molecule has 0 saturated carbocycles. The smallest absolute Gasteiger partial charge is 0.270 e. The van der Waals surface area contributed by atoms with E-state index in [9.17, 15) is 4.79 Å². The van der Waals surface area contributed by atoms with Gasteiger partial charge in [-0.25, -0.2) is 4.98 Å². The summed E-state index contributed by atoms with van der Waals surface area (Å²) in [6.07, 6.45) is 0.901. The maximum Gasteiger partial charge on any atom is 0.270 e. The van der Waals surface area contributed by atoms with Crippen molar-refractivity contribution >= 4 is 17.2 Å². The fourth-order valence-electron chi connectivity index (χ4n) is 1.93. The van der Waals surface area contributed by atoms with Crippen LogP contribution < -0.4 is 15.4 Å². The number of aromatic nitrogens is 1. The van der Waals surface area contributed by atoms with Crippen molar-refractivity contribution in [2.75, 3.05) is 26.7 Å². The first kappa shape index (κ1) is 16.5. The first-order valence-corrected chi connectivity index (χ1v) is 8.24. The standard InChI is InChI=1S/C16H21N3O2S/c1-3-21-13-7-5-12(6-8-13)16-19-14(11-22-16)15(20)18-10-4-9-17-2/h5-8,11,17H,3-4,9-10H2,1-2H3,(H,18,20). The fourth-order valence-corrected chi connectivity index (χ4v) is 2.73. The highest BCUT2D eigenvalue weighted by atomic mass is 32.1. The molecule has 0 unspecified atom stereocenters. The zero-order valence-corrected chi connectivity index (χ0v) is 13.7.